The fraction of sp³-hybridized carbons (Fsp3) is 0.429. The number of amides is 2. The highest BCUT2D eigenvalue weighted by atomic mass is 19.1. The van der Waals surface area contributed by atoms with Crippen LogP contribution in [0.25, 0.3) is 0 Å². The molecule has 5 rings (SSSR count). The van der Waals surface area contributed by atoms with Gasteiger partial charge in [-0.05, 0) is 35.6 Å². The maximum Gasteiger partial charge on any atom is 0.250 e. The van der Waals surface area contributed by atoms with Crippen molar-refractivity contribution >= 4 is 17.5 Å². The molecule has 2 aromatic carbocycles. The molecule has 0 radical (unpaired) electrons. The molecule has 2 fully saturated rings. The van der Waals surface area contributed by atoms with Crippen molar-refractivity contribution in [1.29, 1.82) is 0 Å². The number of hydrazine groups is 1. The van der Waals surface area contributed by atoms with Crippen molar-refractivity contribution in [3.8, 4) is 0 Å². The molecule has 2 atom stereocenters. The van der Waals surface area contributed by atoms with Crippen molar-refractivity contribution in [3.63, 3.8) is 0 Å². The van der Waals surface area contributed by atoms with Crippen molar-refractivity contribution in [2.24, 2.45) is 0 Å². The van der Waals surface area contributed by atoms with Crippen molar-refractivity contribution in [2.45, 2.75) is 44.7 Å². The van der Waals surface area contributed by atoms with Crippen molar-refractivity contribution < 1.29 is 14.0 Å². The van der Waals surface area contributed by atoms with E-state index >= 15 is 0 Å². The second-order valence-corrected chi connectivity index (χ2v) is 10.1. The molecule has 0 saturated carbocycles. The Morgan fingerprint density at radius 1 is 1.03 bits per heavy atom. The van der Waals surface area contributed by atoms with Gasteiger partial charge in [-0.3, -0.25) is 9.59 Å². The number of nitrogens with one attached hydrogen (secondary N) is 1. The fourth-order valence-corrected chi connectivity index (χ4v) is 5.23. The Kier molecular flexibility index (Phi) is 6.96. The van der Waals surface area contributed by atoms with Crippen LogP contribution >= 0.6 is 0 Å². The van der Waals surface area contributed by atoms with Gasteiger partial charge in [0.2, 0.25) is 5.91 Å². The zero-order valence-corrected chi connectivity index (χ0v) is 20.9. The van der Waals surface area contributed by atoms with E-state index in [1.807, 2.05) is 27.1 Å². The lowest BCUT2D eigenvalue weighted by Crippen LogP contribution is -2.51. The Labute approximate surface area is 212 Å². The van der Waals surface area contributed by atoms with Crippen molar-refractivity contribution in [2.75, 3.05) is 37.6 Å². The Bertz CT molecular complexity index is 1130. The third-order valence-corrected chi connectivity index (χ3v) is 7.47. The summed E-state index contributed by atoms with van der Waals surface area (Å²) in [5.74, 6) is 0.291. The van der Waals surface area contributed by atoms with Gasteiger partial charge in [0.15, 0.2) is 0 Å². The Morgan fingerprint density at radius 3 is 2.44 bits per heavy atom. The first-order valence-electron chi connectivity index (χ1n) is 12.8. The van der Waals surface area contributed by atoms with Gasteiger partial charge in [0.1, 0.15) is 11.9 Å². The zero-order valence-electron chi connectivity index (χ0n) is 20.9. The highest BCUT2D eigenvalue weighted by Crippen LogP contribution is 2.31. The maximum atomic E-state index is 14.1. The summed E-state index contributed by atoms with van der Waals surface area (Å²) in [5.41, 5.74) is 6.49. The molecule has 0 aliphatic carbocycles. The minimum atomic E-state index is -0.274. The number of carbonyl (C=O) groups excluding carboxylic acids is 2. The number of carbonyl (C=O) groups is 2. The molecule has 2 amide bonds. The Balaban J connectivity index is 1.12. The van der Waals surface area contributed by atoms with Gasteiger partial charge in [0.05, 0.1) is 11.7 Å². The molecule has 0 bridgehead atoms. The molecule has 3 aliphatic rings. The summed E-state index contributed by atoms with van der Waals surface area (Å²) in [4.78, 5) is 31.5. The van der Waals surface area contributed by atoms with E-state index in [0.717, 1.165) is 0 Å². The second-order valence-electron chi connectivity index (χ2n) is 10.1. The van der Waals surface area contributed by atoms with Crippen LogP contribution < -0.4 is 10.3 Å². The largest absolute Gasteiger partial charge is 0.366 e. The van der Waals surface area contributed by atoms with E-state index in [0.29, 0.717) is 50.7 Å². The quantitative estimate of drug-likeness (QED) is 0.669. The number of benzene rings is 2. The fourth-order valence-electron chi connectivity index (χ4n) is 5.23. The van der Waals surface area contributed by atoms with E-state index in [2.05, 4.69) is 43.5 Å². The van der Waals surface area contributed by atoms with E-state index in [1.165, 1.54) is 17.2 Å². The number of hydrogen-bond donors (Lipinski definition) is 1. The molecule has 1 N–H and O–H groups in total. The highest BCUT2D eigenvalue weighted by Gasteiger charge is 2.40. The molecule has 7 nitrogen and oxygen atoms in total. The predicted octanol–water partition coefficient (Wildman–Crippen LogP) is 3.62. The molecule has 2 aromatic rings. The number of hydrogen-bond acceptors (Lipinski definition) is 5. The summed E-state index contributed by atoms with van der Waals surface area (Å²) in [6, 6.07) is 15.1. The maximum absolute atomic E-state index is 14.1. The predicted molar refractivity (Wildman–Crippen MR) is 137 cm³/mol. The summed E-state index contributed by atoms with van der Waals surface area (Å²) >= 11 is 0. The summed E-state index contributed by atoms with van der Waals surface area (Å²) in [6.45, 7) is 7.01. The molecule has 2 saturated heterocycles. The van der Waals surface area contributed by atoms with Gasteiger partial charge in [0, 0.05) is 51.5 Å². The van der Waals surface area contributed by atoms with E-state index < -0.39 is 0 Å². The van der Waals surface area contributed by atoms with Crippen LogP contribution in [0.5, 0.6) is 0 Å². The first-order valence-corrected chi connectivity index (χ1v) is 12.8. The van der Waals surface area contributed by atoms with E-state index in [-0.39, 0.29) is 36.1 Å². The topological polar surface area (TPSA) is 59.1 Å². The van der Waals surface area contributed by atoms with Crippen LogP contribution in [0, 0.1) is 5.82 Å². The Hall–Kier alpha value is -3.39. The molecule has 3 aliphatic heterocycles. The molecule has 8 heteroatoms. The lowest BCUT2D eigenvalue weighted by molar-refractivity contribution is -0.136. The molecule has 2 unspecified atom stereocenters. The van der Waals surface area contributed by atoms with Gasteiger partial charge >= 0.3 is 0 Å². The number of rotatable bonds is 6. The van der Waals surface area contributed by atoms with Crippen LogP contribution in [0.4, 0.5) is 10.1 Å². The van der Waals surface area contributed by atoms with Crippen LogP contribution in [0.15, 0.2) is 60.9 Å². The van der Waals surface area contributed by atoms with Gasteiger partial charge in [-0.25, -0.2) is 9.82 Å². The number of halogens is 1. The van der Waals surface area contributed by atoms with Crippen LogP contribution in [0.3, 0.4) is 0 Å². The van der Waals surface area contributed by atoms with Gasteiger partial charge in [-0.15, -0.1) is 0 Å². The van der Waals surface area contributed by atoms with Crippen LogP contribution in [0.1, 0.15) is 49.8 Å². The average Bonchev–Trinajstić information content (AvgIpc) is 3.34. The highest BCUT2D eigenvalue weighted by molar-refractivity contribution is 5.85. The molecule has 0 aromatic heterocycles. The van der Waals surface area contributed by atoms with E-state index in [4.69, 9.17) is 0 Å². The second kappa shape index (κ2) is 10.3. The summed E-state index contributed by atoms with van der Waals surface area (Å²) < 4.78 is 14.1. The third-order valence-electron chi connectivity index (χ3n) is 7.47. The normalized spacial score (nSPS) is 21.9. The minimum Gasteiger partial charge on any atom is -0.366 e. The van der Waals surface area contributed by atoms with Crippen molar-refractivity contribution in [3.05, 3.63) is 77.9 Å². The molecular formula is C28H34FN5O2. The van der Waals surface area contributed by atoms with Crippen LogP contribution in [-0.4, -0.2) is 65.4 Å². The van der Waals surface area contributed by atoms with E-state index in [1.54, 1.807) is 23.2 Å². The summed E-state index contributed by atoms with van der Waals surface area (Å²) in [6.07, 6.45) is 4.62. The first kappa shape index (κ1) is 24.3. The number of anilines is 1. The van der Waals surface area contributed by atoms with Gasteiger partial charge in [-0.1, -0.05) is 50.2 Å². The van der Waals surface area contributed by atoms with Gasteiger partial charge in [-0.2, -0.15) is 0 Å². The van der Waals surface area contributed by atoms with Gasteiger partial charge in [0.25, 0.3) is 5.91 Å². The lowest BCUT2D eigenvalue weighted by atomic mass is 9.97. The monoisotopic (exact) mass is 491 g/mol. The molecule has 190 valence electrons. The molecular weight excluding hydrogens is 457 g/mol. The average molecular weight is 492 g/mol. The van der Waals surface area contributed by atoms with Crippen LogP contribution in [0.2, 0.25) is 0 Å². The smallest absolute Gasteiger partial charge is 0.250 e. The number of fused-ring (bicyclic) bond motifs is 1. The number of para-hydroxylation sites is 1. The third kappa shape index (κ3) is 4.95. The Morgan fingerprint density at radius 2 is 1.75 bits per heavy atom. The summed E-state index contributed by atoms with van der Waals surface area (Å²) in [7, 11) is 0. The van der Waals surface area contributed by atoms with Gasteiger partial charge < -0.3 is 19.7 Å². The molecule has 36 heavy (non-hydrogen) atoms. The molecule has 3 heterocycles. The lowest BCUT2D eigenvalue weighted by Gasteiger charge is -2.37. The van der Waals surface area contributed by atoms with Crippen molar-refractivity contribution in [1.82, 2.24) is 20.2 Å². The SMILES string of the molecule is CC(C)c1ccc(C2CC3C(=O)N(CCC(=O)N4CCN(c5ccccc5F)CC4)C=CN3N2)cc1. The number of nitrogens with zero attached hydrogens (tertiary/aromatic N) is 4. The van der Waals surface area contributed by atoms with E-state index in [9.17, 15) is 14.0 Å². The molecule has 0 spiro atoms. The number of piperazine rings is 1. The minimum absolute atomic E-state index is 0.0171. The van der Waals surface area contributed by atoms with Crippen LogP contribution in [-0.2, 0) is 9.59 Å². The zero-order chi connectivity index (χ0) is 25.2. The standard InChI is InChI=1S/C28H34FN5O2/c1-20(2)21-7-9-22(10-8-21)24-19-26-28(36)33(17-18-34(26)30-24)12-11-27(35)32-15-13-31(14-16-32)25-6-4-3-5-23(25)29/h3-10,17-18,20,24,26,30H,11-16,19H2,1-2H3. The first-order chi connectivity index (χ1) is 17.4. The summed E-state index contributed by atoms with van der Waals surface area (Å²) in [5, 5.41) is 1.89.